The number of benzene rings is 1. The summed E-state index contributed by atoms with van der Waals surface area (Å²) < 4.78 is 18.4. The van der Waals surface area contributed by atoms with Gasteiger partial charge in [0.2, 0.25) is 0 Å². The number of carbonyl (C=O) groups excluding carboxylic acids is 1. The fraction of sp³-hybridized carbons (Fsp3) is 0.438. The molecule has 1 saturated carbocycles. The number of nitrogens with zero attached hydrogens (tertiary/aromatic N) is 1. The van der Waals surface area contributed by atoms with E-state index in [1.54, 1.807) is 12.0 Å². The zero-order chi connectivity index (χ0) is 15.2. The van der Waals surface area contributed by atoms with Crippen LogP contribution in [0.4, 0.5) is 4.39 Å². The lowest BCUT2D eigenvalue weighted by molar-refractivity contribution is 0.0680. The van der Waals surface area contributed by atoms with Gasteiger partial charge in [-0.15, -0.1) is 0 Å². The van der Waals surface area contributed by atoms with E-state index >= 15 is 0 Å². The highest BCUT2D eigenvalue weighted by Gasteiger charge is 2.33. The van der Waals surface area contributed by atoms with E-state index in [0.29, 0.717) is 24.3 Å². The third kappa shape index (κ3) is 4.03. The molecule has 21 heavy (non-hydrogen) atoms. The van der Waals surface area contributed by atoms with Crippen molar-refractivity contribution in [2.75, 3.05) is 26.8 Å². The number of nitrogens with two attached hydrogens (primary N) is 1. The zero-order valence-electron chi connectivity index (χ0n) is 12.1. The predicted octanol–water partition coefficient (Wildman–Crippen LogP) is 1.39. The minimum Gasteiger partial charge on any atom is -0.383 e. The lowest BCUT2D eigenvalue weighted by Crippen LogP contribution is -2.36. The highest BCUT2D eigenvalue weighted by atomic mass is 19.1. The van der Waals surface area contributed by atoms with Crippen LogP contribution in [0.3, 0.4) is 0 Å². The Kier molecular flexibility index (Phi) is 5.32. The molecule has 0 radical (unpaired) electrons. The van der Waals surface area contributed by atoms with Gasteiger partial charge in [-0.25, -0.2) is 4.39 Å². The fourth-order valence-corrected chi connectivity index (χ4v) is 2.13. The van der Waals surface area contributed by atoms with Gasteiger partial charge in [-0.3, -0.25) is 4.79 Å². The molecule has 112 valence electrons. The van der Waals surface area contributed by atoms with E-state index in [4.69, 9.17) is 10.5 Å². The monoisotopic (exact) mass is 290 g/mol. The molecule has 0 bridgehead atoms. The molecular weight excluding hydrogens is 271 g/mol. The molecule has 0 heterocycles. The second-order valence-electron chi connectivity index (χ2n) is 4.92. The van der Waals surface area contributed by atoms with Gasteiger partial charge >= 0.3 is 0 Å². The van der Waals surface area contributed by atoms with Crippen LogP contribution in [0.25, 0.3) is 0 Å². The van der Waals surface area contributed by atoms with Gasteiger partial charge < -0.3 is 15.4 Å². The third-order valence-corrected chi connectivity index (χ3v) is 3.32. The number of amides is 1. The van der Waals surface area contributed by atoms with E-state index in [0.717, 1.165) is 12.8 Å². The lowest BCUT2D eigenvalue weighted by atomic mass is 10.1. The summed E-state index contributed by atoms with van der Waals surface area (Å²) in [5.74, 6) is 4.90. The summed E-state index contributed by atoms with van der Waals surface area (Å²) in [5.41, 5.74) is 6.14. The van der Waals surface area contributed by atoms with Crippen molar-refractivity contribution < 1.29 is 13.9 Å². The van der Waals surface area contributed by atoms with E-state index in [1.807, 2.05) is 0 Å². The van der Waals surface area contributed by atoms with Crippen LogP contribution in [0.2, 0.25) is 0 Å². The van der Waals surface area contributed by atoms with Gasteiger partial charge in [0.15, 0.2) is 0 Å². The standard InChI is InChI=1S/C16H19FN2O2/c1-21-10-9-19(14-5-6-14)16(20)15-7-4-13(17)11-12(15)3-2-8-18/h4,7,11,14H,5-6,8-10,18H2,1H3. The topological polar surface area (TPSA) is 55.6 Å². The average molecular weight is 290 g/mol. The van der Waals surface area contributed by atoms with Crippen molar-refractivity contribution in [2.45, 2.75) is 18.9 Å². The van der Waals surface area contributed by atoms with Gasteiger partial charge in [0, 0.05) is 25.3 Å². The van der Waals surface area contributed by atoms with E-state index < -0.39 is 5.82 Å². The van der Waals surface area contributed by atoms with E-state index in [9.17, 15) is 9.18 Å². The second kappa shape index (κ2) is 7.21. The first kappa shape index (κ1) is 15.5. The van der Waals surface area contributed by atoms with Gasteiger partial charge in [0.1, 0.15) is 5.82 Å². The Bertz CT molecular complexity index is 573. The number of ether oxygens (including phenoxy) is 1. The largest absolute Gasteiger partial charge is 0.383 e. The molecule has 1 aliphatic rings. The molecule has 2 rings (SSSR count). The van der Waals surface area contributed by atoms with E-state index in [2.05, 4.69) is 11.8 Å². The Morgan fingerprint density at radius 3 is 2.90 bits per heavy atom. The van der Waals surface area contributed by atoms with Crippen molar-refractivity contribution in [1.29, 1.82) is 0 Å². The van der Waals surface area contributed by atoms with E-state index in [1.165, 1.54) is 18.2 Å². The molecule has 2 N–H and O–H groups in total. The summed E-state index contributed by atoms with van der Waals surface area (Å²) >= 11 is 0. The minimum atomic E-state index is -0.414. The number of hydrogen-bond acceptors (Lipinski definition) is 3. The van der Waals surface area contributed by atoms with Crippen LogP contribution in [0.15, 0.2) is 18.2 Å². The van der Waals surface area contributed by atoms with Crippen LogP contribution in [-0.4, -0.2) is 43.7 Å². The molecule has 1 aromatic rings. The zero-order valence-corrected chi connectivity index (χ0v) is 12.1. The van der Waals surface area contributed by atoms with Gasteiger partial charge in [0.25, 0.3) is 5.91 Å². The van der Waals surface area contributed by atoms with Gasteiger partial charge in [-0.05, 0) is 31.0 Å². The van der Waals surface area contributed by atoms with Crippen molar-refractivity contribution in [1.82, 2.24) is 4.90 Å². The summed E-state index contributed by atoms with van der Waals surface area (Å²) in [5, 5.41) is 0. The lowest BCUT2D eigenvalue weighted by Gasteiger charge is -2.22. The maximum atomic E-state index is 13.4. The Hall–Kier alpha value is -1.90. The van der Waals surface area contributed by atoms with Crippen LogP contribution in [0.1, 0.15) is 28.8 Å². The van der Waals surface area contributed by atoms with Crippen LogP contribution in [-0.2, 0) is 4.74 Å². The Labute approximate surface area is 124 Å². The van der Waals surface area contributed by atoms with Crippen molar-refractivity contribution >= 4 is 5.91 Å². The molecule has 0 spiro atoms. The molecule has 5 heteroatoms. The molecule has 4 nitrogen and oxygen atoms in total. The highest BCUT2D eigenvalue weighted by Crippen LogP contribution is 2.28. The smallest absolute Gasteiger partial charge is 0.255 e. The summed E-state index contributed by atoms with van der Waals surface area (Å²) in [6.45, 7) is 1.18. The first-order valence-corrected chi connectivity index (χ1v) is 6.95. The number of hydrogen-bond donors (Lipinski definition) is 1. The molecule has 0 aromatic heterocycles. The summed E-state index contributed by atoms with van der Waals surface area (Å²) in [6, 6.07) is 4.30. The molecule has 0 aliphatic heterocycles. The Balaban J connectivity index is 2.28. The number of carbonyl (C=O) groups is 1. The first-order valence-electron chi connectivity index (χ1n) is 6.95. The second-order valence-corrected chi connectivity index (χ2v) is 4.92. The molecule has 1 amide bonds. The normalized spacial score (nSPS) is 13.5. The van der Waals surface area contributed by atoms with Crippen molar-refractivity contribution in [2.24, 2.45) is 5.73 Å². The first-order chi connectivity index (χ1) is 10.2. The Morgan fingerprint density at radius 1 is 1.52 bits per heavy atom. The van der Waals surface area contributed by atoms with Gasteiger partial charge in [-0.2, -0.15) is 0 Å². The Morgan fingerprint density at radius 2 is 2.29 bits per heavy atom. The molecule has 0 saturated heterocycles. The SMILES string of the molecule is COCCN(C(=O)c1ccc(F)cc1C#CCN)C1CC1. The third-order valence-electron chi connectivity index (χ3n) is 3.32. The van der Waals surface area contributed by atoms with Crippen molar-refractivity contribution in [3.8, 4) is 11.8 Å². The fourth-order valence-electron chi connectivity index (χ4n) is 2.13. The number of rotatable bonds is 5. The van der Waals surface area contributed by atoms with Crippen LogP contribution < -0.4 is 5.73 Å². The predicted molar refractivity (Wildman–Crippen MR) is 78.3 cm³/mol. The molecular formula is C16H19FN2O2. The van der Waals surface area contributed by atoms with E-state index in [-0.39, 0.29) is 18.5 Å². The molecule has 1 aliphatic carbocycles. The maximum absolute atomic E-state index is 13.4. The quantitative estimate of drug-likeness (QED) is 0.834. The van der Waals surface area contributed by atoms with Crippen molar-refractivity contribution in [3.63, 3.8) is 0 Å². The summed E-state index contributed by atoms with van der Waals surface area (Å²) in [6.07, 6.45) is 2.00. The average Bonchev–Trinajstić information content (AvgIpc) is 3.30. The molecule has 1 fully saturated rings. The van der Waals surface area contributed by atoms with Gasteiger partial charge in [-0.1, -0.05) is 11.8 Å². The molecule has 0 unspecified atom stereocenters. The van der Waals surface area contributed by atoms with Crippen LogP contribution >= 0.6 is 0 Å². The van der Waals surface area contributed by atoms with Gasteiger partial charge in [0.05, 0.1) is 18.7 Å². The van der Waals surface area contributed by atoms with Crippen LogP contribution in [0, 0.1) is 17.7 Å². The minimum absolute atomic E-state index is 0.129. The summed E-state index contributed by atoms with van der Waals surface area (Å²) in [7, 11) is 1.60. The summed E-state index contributed by atoms with van der Waals surface area (Å²) in [4.78, 5) is 14.5. The van der Waals surface area contributed by atoms with Crippen molar-refractivity contribution in [3.05, 3.63) is 35.1 Å². The number of halogens is 1. The van der Waals surface area contributed by atoms with Crippen LogP contribution in [0.5, 0.6) is 0 Å². The molecule has 0 atom stereocenters. The highest BCUT2D eigenvalue weighted by molar-refractivity contribution is 5.97. The number of methoxy groups -OCH3 is 1. The maximum Gasteiger partial charge on any atom is 0.255 e. The molecule has 1 aromatic carbocycles.